The summed E-state index contributed by atoms with van der Waals surface area (Å²) in [5.41, 5.74) is 2.96. The number of rotatable bonds is 7. The molecule has 0 fully saturated rings. The van der Waals surface area contributed by atoms with Gasteiger partial charge in [-0.2, -0.15) is 0 Å². The predicted molar refractivity (Wildman–Crippen MR) is 116 cm³/mol. The molecule has 1 heterocycles. The van der Waals surface area contributed by atoms with E-state index in [1.165, 1.54) is 6.92 Å². The van der Waals surface area contributed by atoms with Crippen molar-refractivity contribution in [2.45, 2.75) is 53.2 Å². The molecule has 1 amide bonds. The van der Waals surface area contributed by atoms with Gasteiger partial charge in [-0.15, -0.1) is 0 Å². The summed E-state index contributed by atoms with van der Waals surface area (Å²) in [6.45, 7) is 9.60. The summed E-state index contributed by atoms with van der Waals surface area (Å²) in [5.74, 6) is 2.13. The van der Waals surface area contributed by atoms with Gasteiger partial charge < -0.3 is 14.8 Å². The van der Waals surface area contributed by atoms with Crippen LogP contribution in [0.5, 0.6) is 17.4 Å². The average Bonchev–Trinajstić information content (AvgIpc) is 2.67. The van der Waals surface area contributed by atoms with Crippen LogP contribution in [0, 0.1) is 0 Å². The van der Waals surface area contributed by atoms with Crippen LogP contribution in [0.15, 0.2) is 48.5 Å². The number of pyridine rings is 1. The number of nitrogens with zero attached hydrogens (tertiary/aromatic N) is 1. The van der Waals surface area contributed by atoms with Crippen LogP contribution in [-0.4, -0.2) is 17.0 Å². The van der Waals surface area contributed by atoms with E-state index in [0.717, 1.165) is 39.9 Å². The number of carbonyl (C=O) groups excluding carboxylic acids is 1. The smallest absolute Gasteiger partial charge is 0.219 e. The van der Waals surface area contributed by atoms with Crippen LogP contribution in [-0.2, 0) is 11.2 Å². The lowest BCUT2D eigenvalue weighted by Crippen LogP contribution is -2.23. The van der Waals surface area contributed by atoms with Gasteiger partial charge in [0.15, 0.2) is 0 Å². The van der Waals surface area contributed by atoms with Crippen molar-refractivity contribution in [3.8, 4) is 17.4 Å². The van der Waals surface area contributed by atoms with Gasteiger partial charge in [-0.3, -0.25) is 4.79 Å². The number of aromatic nitrogens is 1. The Bertz CT molecular complexity index is 1010. The van der Waals surface area contributed by atoms with Crippen LogP contribution >= 0.6 is 0 Å². The van der Waals surface area contributed by atoms with E-state index in [9.17, 15) is 4.79 Å². The molecule has 3 rings (SSSR count). The van der Waals surface area contributed by atoms with Crippen LogP contribution in [0.1, 0.15) is 51.8 Å². The fourth-order valence-electron chi connectivity index (χ4n) is 3.23. The minimum atomic E-state index is -0.0495. The summed E-state index contributed by atoms with van der Waals surface area (Å²) in [7, 11) is 0. The number of benzene rings is 2. The lowest BCUT2D eigenvalue weighted by molar-refractivity contribution is -0.119. The number of nitrogens with one attached hydrogen (secondary N) is 1. The average molecular weight is 392 g/mol. The van der Waals surface area contributed by atoms with Crippen LogP contribution in [0.4, 0.5) is 0 Å². The highest BCUT2D eigenvalue weighted by molar-refractivity contribution is 5.80. The van der Waals surface area contributed by atoms with E-state index in [2.05, 4.69) is 17.2 Å². The molecule has 5 nitrogen and oxygen atoms in total. The van der Waals surface area contributed by atoms with E-state index in [1.807, 2.05) is 69.3 Å². The second kappa shape index (κ2) is 8.95. The van der Waals surface area contributed by atoms with Gasteiger partial charge in [0.1, 0.15) is 11.5 Å². The van der Waals surface area contributed by atoms with Crippen molar-refractivity contribution in [3.05, 3.63) is 59.7 Å². The van der Waals surface area contributed by atoms with Crippen molar-refractivity contribution in [1.29, 1.82) is 0 Å². The zero-order valence-electron chi connectivity index (χ0n) is 17.7. The largest absolute Gasteiger partial charge is 0.491 e. The highest BCUT2D eigenvalue weighted by Gasteiger charge is 2.10. The van der Waals surface area contributed by atoms with Crippen LogP contribution in [0.3, 0.4) is 0 Å². The van der Waals surface area contributed by atoms with Crippen molar-refractivity contribution >= 4 is 16.8 Å². The lowest BCUT2D eigenvalue weighted by Gasteiger charge is -2.15. The fourth-order valence-corrected chi connectivity index (χ4v) is 3.23. The minimum Gasteiger partial charge on any atom is -0.491 e. The van der Waals surface area contributed by atoms with Gasteiger partial charge in [0.25, 0.3) is 0 Å². The van der Waals surface area contributed by atoms with Crippen molar-refractivity contribution in [2.75, 3.05) is 0 Å². The standard InChI is InChI=1S/C24H28N2O3/c1-6-18-14-21(28-15(2)3)9-11-23(18)29-24-12-8-20-13-19(7-10-22(20)26-24)16(4)25-17(5)27/h7-16H,6H2,1-5H3,(H,25,27). The number of ether oxygens (including phenoxy) is 2. The molecule has 0 spiro atoms. The van der Waals surface area contributed by atoms with Gasteiger partial charge in [0.05, 0.1) is 17.7 Å². The fraction of sp³-hybridized carbons (Fsp3) is 0.333. The highest BCUT2D eigenvalue weighted by atomic mass is 16.5. The molecule has 0 aliphatic rings. The molecule has 1 N–H and O–H groups in total. The first-order valence-corrected chi connectivity index (χ1v) is 10.0. The van der Waals surface area contributed by atoms with Crippen LogP contribution < -0.4 is 14.8 Å². The van der Waals surface area contributed by atoms with Crippen LogP contribution in [0.2, 0.25) is 0 Å². The molecule has 1 aromatic heterocycles. The lowest BCUT2D eigenvalue weighted by atomic mass is 10.1. The Morgan fingerprint density at radius 2 is 1.86 bits per heavy atom. The molecular formula is C24H28N2O3. The Hall–Kier alpha value is -3.08. The molecule has 3 aromatic rings. The molecule has 29 heavy (non-hydrogen) atoms. The zero-order valence-corrected chi connectivity index (χ0v) is 17.7. The highest BCUT2D eigenvalue weighted by Crippen LogP contribution is 2.30. The summed E-state index contributed by atoms with van der Waals surface area (Å²) in [6.07, 6.45) is 0.967. The van der Waals surface area contributed by atoms with E-state index in [0.29, 0.717) is 5.88 Å². The van der Waals surface area contributed by atoms with Crippen molar-refractivity contribution < 1.29 is 14.3 Å². The molecule has 0 aliphatic carbocycles. The molecule has 0 bridgehead atoms. The zero-order chi connectivity index (χ0) is 21.0. The third kappa shape index (κ3) is 5.25. The molecule has 0 aliphatic heterocycles. The molecule has 152 valence electrons. The summed E-state index contributed by atoms with van der Waals surface area (Å²) in [4.78, 5) is 15.9. The maximum atomic E-state index is 11.3. The summed E-state index contributed by atoms with van der Waals surface area (Å²) < 4.78 is 11.9. The van der Waals surface area contributed by atoms with E-state index < -0.39 is 0 Å². The Labute approximate surface area is 172 Å². The van der Waals surface area contributed by atoms with Gasteiger partial charge in [0, 0.05) is 18.4 Å². The second-order valence-corrected chi connectivity index (χ2v) is 7.42. The van der Waals surface area contributed by atoms with E-state index >= 15 is 0 Å². The number of carbonyl (C=O) groups is 1. The van der Waals surface area contributed by atoms with Gasteiger partial charge in [0.2, 0.25) is 11.8 Å². The Kier molecular flexibility index (Phi) is 6.37. The number of amides is 1. The molecule has 2 aromatic carbocycles. The van der Waals surface area contributed by atoms with Crippen LogP contribution in [0.25, 0.3) is 10.9 Å². The maximum Gasteiger partial charge on any atom is 0.219 e. The SMILES string of the molecule is CCc1cc(OC(C)C)ccc1Oc1ccc2cc(C(C)NC(C)=O)ccc2n1. The Balaban J connectivity index is 1.83. The minimum absolute atomic E-state index is 0.0454. The Morgan fingerprint density at radius 3 is 2.55 bits per heavy atom. The first-order chi connectivity index (χ1) is 13.9. The normalized spacial score (nSPS) is 12.1. The Morgan fingerprint density at radius 1 is 1.07 bits per heavy atom. The number of hydrogen-bond acceptors (Lipinski definition) is 4. The third-order valence-electron chi connectivity index (χ3n) is 4.61. The third-order valence-corrected chi connectivity index (χ3v) is 4.61. The predicted octanol–water partition coefficient (Wildman–Crippen LogP) is 5.57. The summed E-state index contributed by atoms with van der Waals surface area (Å²) >= 11 is 0. The van der Waals surface area contributed by atoms with Gasteiger partial charge in [-0.25, -0.2) is 4.98 Å². The number of aryl methyl sites for hydroxylation is 1. The van der Waals surface area contributed by atoms with Crippen molar-refractivity contribution in [2.24, 2.45) is 0 Å². The number of fused-ring (bicyclic) bond motifs is 1. The number of hydrogen-bond donors (Lipinski definition) is 1. The van der Waals surface area contributed by atoms with E-state index in [4.69, 9.17) is 9.47 Å². The molecule has 0 saturated heterocycles. The van der Waals surface area contributed by atoms with Gasteiger partial charge >= 0.3 is 0 Å². The molecule has 0 saturated carbocycles. The first kappa shape index (κ1) is 20.6. The quantitative estimate of drug-likeness (QED) is 0.571. The van der Waals surface area contributed by atoms with Crippen molar-refractivity contribution in [3.63, 3.8) is 0 Å². The molecular weight excluding hydrogens is 364 g/mol. The monoisotopic (exact) mass is 392 g/mol. The van der Waals surface area contributed by atoms with E-state index in [1.54, 1.807) is 0 Å². The van der Waals surface area contributed by atoms with E-state index in [-0.39, 0.29) is 18.1 Å². The second-order valence-electron chi connectivity index (χ2n) is 7.42. The van der Waals surface area contributed by atoms with Gasteiger partial charge in [-0.05, 0) is 74.7 Å². The summed E-state index contributed by atoms with van der Waals surface area (Å²) in [6, 6.07) is 15.7. The molecule has 0 radical (unpaired) electrons. The topological polar surface area (TPSA) is 60.5 Å². The van der Waals surface area contributed by atoms with Crippen molar-refractivity contribution in [1.82, 2.24) is 10.3 Å². The van der Waals surface area contributed by atoms with Gasteiger partial charge in [-0.1, -0.05) is 13.0 Å². The molecule has 1 unspecified atom stereocenters. The maximum absolute atomic E-state index is 11.3. The summed E-state index contributed by atoms with van der Waals surface area (Å²) in [5, 5.41) is 3.91. The first-order valence-electron chi connectivity index (χ1n) is 10.0. The molecule has 5 heteroatoms. The molecule has 1 atom stereocenters.